The summed E-state index contributed by atoms with van der Waals surface area (Å²) in [4.78, 5) is 29.6. The molecule has 0 bridgehead atoms. The van der Waals surface area contributed by atoms with Crippen LogP contribution in [0.15, 0.2) is 49.7 Å². The van der Waals surface area contributed by atoms with Gasteiger partial charge >= 0.3 is 12.1 Å². The fourth-order valence-electron chi connectivity index (χ4n) is 3.71. The monoisotopic (exact) mass is 556 g/mol. The van der Waals surface area contributed by atoms with E-state index >= 15 is 0 Å². The highest BCUT2D eigenvalue weighted by atomic mass is 28.3. The topological polar surface area (TPSA) is 104 Å². The van der Waals surface area contributed by atoms with Crippen molar-refractivity contribution in [1.29, 1.82) is 0 Å². The highest BCUT2D eigenvalue weighted by molar-refractivity contribution is 6.76. The maximum absolute atomic E-state index is 12.9. The van der Waals surface area contributed by atoms with Crippen LogP contribution in [-0.2, 0) is 25.7 Å². The number of hydrogen-bond acceptors (Lipinski definition) is 7. The van der Waals surface area contributed by atoms with Gasteiger partial charge in [-0.1, -0.05) is 38.7 Å². The van der Waals surface area contributed by atoms with Crippen LogP contribution in [0.25, 0.3) is 11.3 Å². The lowest BCUT2D eigenvalue weighted by Crippen LogP contribution is -2.23. The summed E-state index contributed by atoms with van der Waals surface area (Å²) in [5.74, 6) is -0.204. The number of aromatic nitrogens is 2. The van der Waals surface area contributed by atoms with Gasteiger partial charge in [0.2, 0.25) is 0 Å². The first-order valence-electron chi connectivity index (χ1n) is 13.3. The Morgan fingerprint density at radius 1 is 1.23 bits per heavy atom. The van der Waals surface area contributed by atoms with E-state index < -0.39 is 20.1 Å². The van der Waals surface area contributed by atoms with E-state index in [1.807, 2.05) is 29.0 Å². The van der Waals surface area contributed by atoms with Crippen LogP contribution in [0, 0.1) is 5.92 Å². The molecule has 2 N–H and O–H groups in total. The van der Waals surface area contributed by atoms with Crippen molar-refractivity contribution in [3.8, 4) is 11.3 Å². The molecule has 214 valence electrons. The van der Waals surface area contributed by atoms with E-state index in [9.17, 15) is 9.59 Å². The minimum Gasteiger partial charge on any atom is -0.465 e. The Balaban J connectivity index is 2.54. The Labute approximate surface area is 233 Å². The van der Waals surface area contributed by atoms with Crippen LogP contribution in [0.3, 0.4) is 0 Å². The standard InChI is InChI=1S/C29H44N4O5Si/c1-9-12-24(28(34)38-11-3)27-32-26(19-33(27)20-37-15-16-39(6,7)8)23-14-13-22(31-29(35)36-5)17-25(23)30-18-21(4)10-2/h9-10,13-14,17,19,21,24,30H,1-2,11-12,15-16,18,20H2,3-8H3,(H,31,35)/t21-,24?/m1/s1. The highest BCUT2D eigenvalue weighted by Crippen LogP contribution is 2.33. The Kier molecular flexibility index (Phi) is 12.5. The first-order valence-corrected chi connectivity index (χ1v) is 17.0. The number of imidazole rings is 1. The van der Waals surface area contributed by atoms with Crippen molar-refractivity contribution < 1.29 is 23.8 Å². The normalized spacial score (nSPS) is 12.8. The second-order valence-electron chi connectivity index (χ2n) is 10.6. The largest absolute Gasteiger partial charge is 0.465 e. The molecule has 1 aromatic carbocycles. The van der Waals surface area contributed by atoms with Crippen molar-refractivity contribution >= 4 is 31.5 Å². The zero-order valence-corrected chi connectivity index (χ0v) is 25.2. The van der Waals surface area contributed by atoms with E-state index in [0.29, 0.717) is 36.8 Å². The molecule has 0 aliphatic heterocycles. The van der Waals surface area contributed by atoms with E-state index in [-0.39, 0.29) is 25.2 Å². The molecule has 0 saturated heterocycles. The molecular weight excluding hydrogens is 512 g/mol. The second kappa shape index (κ2) is 15.3. The van der Waals surface area contributed by atoms with Gasteiger partial charge in [0, 0.05) is 44.4 Å². The summed E-state index contributed by atoms with van der Waals surface area (Å²) in [6.07, 6.45) is 5.28. The van der Waals surface area contributed by atoms with Gasteiger partial charge in [0.25, 0.3) is 0 Å². The van der Waals surface area contributed by atoms with Gasteiger partial charge in [0.15, 0.2) is 0 Å². The van der Waals surface area contributed by atoms with Crippen molar-refractivity contribution in [2.75, 3.05) is 37.5 Å². The molecule has 0 saturated carbocycles. The van der Waals surface area contributed by atoms with Gasteiger partial charge in [-0.2, -0.15) is 0 Å². The van der Waals surface area contributed by atoms with E-state index in [4.69, 9.17) is 19.2 Å². The third-order valence-electron chi connectivity index (χ3n) is 6.06. The van der Waals surface area contributed by atoms with Crippen molar-refractivity contribution in [1.82, 2.24) is 9.55 Å². The Hall–Kier alpha value is -3.37. The summed E-state index contributed by atoms with van der Waals surface area (Å²) < 4.78 is 18.0. The minimum atomic E-state index is -1.26. The number of anilines is 2. The fourth-order valence-corrected chi connectivity index (χ4v) is 4.47. The zero-order chi connectivity index (χ0) is 29.0. The molecule has 0 radical (unpaired) electrons. The fraction of sp³-hybridized carbons (Fsp3) is 0.483. The molecule has 0 aliphatic carbocycles. The van der Waals surface area contributed by atoms with Gasteiger partial charge in [0.05, 0.1) is 19.4 Å². The van der Waals surface area contributed by atoms with Crippen LogP contribution in [0.2, 0.25) is 25.7 Å². The van der Waals surface area contributed by atoms with E-state index in [0.717, 1.165) is 17.3 Å². The summed E-state index contributed by atoms with van der Waals surface area (Å²) in [5, 5.41) is 6.15. The number of ether oxygens (including phenoxy) is 3. The van der Waals surface area contributed by atoms with Crippen molar-refractivity contribution in [2.24, 2.45) is 5.92 Å². The summed E-state index contributed by atoms with van der Waals surface area (Å²) in [6.45, 7) is 20.3. The molecule has 0 spiro atoms. The Bertz CT molecular complexity index is 1130. The minimum absolute atomic E-state index is 0.212. The molecule has 0 fully saturated rings. The number of benzene rings is 1. The van der Waals surface area contributed by atoms with E-state index in [1.54, 1.807) is 19.1 Å². The number of amides is 1. The third kappa shape index (κ3) is 10.0. The smallest absolute Gasteiger partial charge is 0.411 e. The van der Waals surface area contributed by atoms with Gasteiger partial charge in [0.1, 0.15) is 18.5 Å². The number of esters is 1. The quantitative estimate of drug-likeness (QED) is 0.105. The van der Waals surface area contributed by atoms with Gasteiger partial charge in [-0.15, -0.1) is 13.2 Å². The first kappa shape index (κ1) is 31.8. The predicted octanol–water partition coefficient (Wildman–Crippen LogP) is 6.50. The molecule has 10 heteroatoms. The van der Waals surface area contributed by atoms with Gasteiger partial charge < -0.3 is 24.1 Å². The number of hydrogen-bond donors (Lipinski definition) is 2. The van der Waals surface area contributed by atoms with E-state index in [2.05, 4.69) is 50.4 Å². The molecule has 0 aliphatic rings. The molecule has 1 aromatic heterocycles. The van der Waals surface area contributed by atoms with Crippen LogP contribution in [-0.4, -0.2) is 56.6 Å². The lowest BCUT2D eigenvalue weighted by molar-refractivity contribution is -0.145. The number of carbonyl (C=O) groups is 2. The molecule has 1 unspecified atom stereocenters. The number of rotatable bonds is 16. The van der Waals surface area contributed by atoms with Crippen LogP contribution in [0.5, 0.6) is 0 Å². The highest BCUT2D eigenvalue weighted by Gasteiger charge is 2.27. The zero-order valence-electron chi connectivity index (χ0n) is 24.2. The van der Waals surface area contributed by atoms with Crippen LogP contribution in [0.1, 0.15) is 32.0 Å². The number of nitrogens with zero attached hydrogens (tertiary/aromatic N) is 2. The average molecular weight is 557 g/mol. The molecule has 2 aromatic rings. The second-order valence-corrected chi connectivity index (χ2v) is 16.2. The molecular formula is C29H44N4O5Si. The molecule has 1 heterocycles. The van der Waals surface area contributed by atoms with E-state index in [1.165, 1.54) is 7.11 Å². The Morgan fingerprint density at radius 3 is 2.59 bits per heavy atom. The molecule has 9 nitrogen and oxygen atoms in total. The Morgan fingerprint density at radius 2 is 1.97 bits per heavy atom. The van der Waals surface area contributed by atoms with Crippen molar-refractivity contribution in [2.45, 2.75) is 58.6 Å². The summed E-state index contributed by atoms with van der Waals surface area (Å²) >= 11 is 0. The molecule has 2 atom stereocenters. The molecule has 39 heavy (non-hydrogen) atoms. The lowest BCUT2D eigenvalue weighted by Gasteiger charge is -2.18. The summed E-state index contributed by atoms with van der Waals surface area (Å²) in [7, 11) is 0.0570. The van der Waals surface area contributed by atoms with Gasteiger partial charge in [-0.05, 0) is 43.5 Å². The number of allylic oxidation sites excluding steroid dienone is 1. The summed E-state index contributed by atoms with van der Waals surface area (Å²) in [5.41, 5.74) is 2.81. The van der Waals surface area contributed by atoms with Crippen LogP contribution < -0.4 is 10.6 Å². The third-order valence-corrected chi connectivity index (χ3v) is 7.77. The first-order chi connectivity index (χ1) is 18.5. The lowest BCUT2D eigenvalue weighted by atomic mass is 10.0. The molecule has 2 rings (SSSR count). The van der Waals surface area contributed by atoms with Gasteiger partial charge in [-0.25, -0.2) is 9.78 Å². The number of carbonyl (C=O) groups excluding carboxylic acids is 2. The summed E-state index contributed by atoms with van der Waals surface area (Å²) in [6, 6.07) is 6.52. The predicted molar refractivity (Wildman–Crippen MR) is 160 cm³/mol. The van der Waals surface area contributed by atoms with Crippen molar-refractivity contribution in [3.63, 3.8) is 0 Å². The van der Waals surface area contributed by atoms with Crippen molar-refractivity contribution in [3.05, 3.63) is 55.5 Å². The van der Waals surface area contributed by atoms with Gasteiger partial charge in [-0.3, -0.25) is 10.1 Å². The SMILES string of the molecule is C=CCC(C(=O)OCC)c1nc(-c2ccc(NC(=O)OC)cc2NC[C@H](C)C=C)cn1COCC[Si](C)(C)C. The average Bonchev–Trinajstić information content (AvgIpc) is 3.31. The molecule has 1 amide bonds. The maximum atomic E-state index is 12.9. The number of nitrogens with one attached hydrogen (secondary N) is 2. The number of methoxy groups -OCH3 is 1. The van der Waals surface area contributed by atoms with Crippen LogP contribution in [0.4, 0.5) is 16.2 Å². The maximum Gasteiger partial charge on any atom is 0.411 e. The van der Waals surface area contributed by atoms with Crippen LogP contribution >= 0.6 is 0 Å².